The summed E-state index contributed by atoms with van der Waals surface area (Å²) in [5, 5.41) is 15.2. The first kappa shape index (κ1) is 22.6. The van der Waals surface area contributed by atoms with Crippen LogP contribution in [0.3, 0.4) is 0 Å². The number of carboxylic acids is 2. The van der Waals surface area contributed by atoms with Gasteiger partial charge in [0, 0.05) is 49.4 Å². The quantitative estimate of drug-likeness (QED) is 0.761. The summed E-state index contributed by atoms with van der Waals surface area (Å²) < 4.78 is 15.2. The van der Waals surface area contributed by atoms with Gasteiger partial charge in [-0.25, -0.2) is 9.37 Å². The summed E-state index contributed by atoms with van der Waals surface area (Å²) in [6.45, 7) is 4.70. The third-order valence-electron chi connectivity index (χ3n) is 2.32. The summed E-state index contributed by atoms with van der Waals surface area (Å²) in [6, 6.07) is 4.37. The second kappa shape index (κ2) is 11.2. The van der Waals surface area contributed by atoms with Gasteiger partial charge in [-0.15, -0.1) is 0 Å². The number of aliphatic carboxylic acids is 2. The molecule has 1 aromatic heterocycles. The molecule has 0 saturated carbocycles. The molecule has 4 N–H and O–H groups in total. The van der Waals surface area contributed by atoms with Gasteiger partial charge >= 0.3 is 0 Å². The molecular formula is C16H21ClFN3O4. The molecule has 0 amide bonds. The average Bonchev–Trinajstić information content (AvgIpc) is 2.83. The zero-order valence-corrected chi connectivity index (χ0v) is 14.9. The van der Waals surface area contributed by atoms with Crippen LogP contribution >= 0.6 is 11.6 Å². The van der Waals surface area contributed by atoms with E-state index in [1.807, 2.05) is 17.7 Å². The molecule has 0 aliphatic rings. The van der Waals surface area contributed by atoms with Gasteiger partial charge in [0.15, 0.2) is 0 Å². The molecule has 2 aromatic rings. The minimum absolute atomic E-state index is 0.00646. The molecule has 0 aliphatic heterocycles. The van der Waals surface area contributed by atoms with Crippen LogP contribution in [0.1, 0.15) is 20.8 Å². The maximum absolute atomic E-state index is 13.3. The Bertz CT molecular complexity index is 664. The van der Waals surface area contributed by atoms with Crippen LogP contribution in [0.5, 0.6) is 0 Å². The lowest BCUT2D eigenvalue weighted by Crippen LogP contribution is -2.22. The molecule has 9 heteroatoms. The lowest BCUT2D eigenvalue weighted by Gasteiger charge is -2.10. The molecule has 138 valence electrons. The minimum Gasteiger partial charge on any atom is -0.481 e. The highest BCUT2D eigenvalue weighted by Gasteiger charge is 2.09. The second-order valence-corrected chi connectivity index (χ2v) is 5.51. The first-order valence-electron chi connectivity index (χ1n) is 7.15. The third-order valence-corrected chi connectivity index (χ3v) is 2.54. The summed E-state index contributed by atoms with van der Waals surface area (Å²) in [5.41, 5.74) is 6.40. The predicted octanol–water partition coefficient (Wildman–Crippen LogP) is 2.87. The Balaban J connectivity index is 0.000000609. The number of imidazole rings is 1. The van der Waals surface area contributed by atoms with Crippen LogP contribution in [0.15, 0.2) is 30.6 Å². The number of hydrogen-bond acceptors (Lipinski definition) is 4. The van der Waals surface area contributed by atoms with Crippen molar-refractivity contribution < 1.29 is 24.2 Å². The van der Waals surface area contributed by atoms with Gasteiger partial charge in [-0.3, -0.25) is 9.59 Å². The van der Waals surface area contributed by atoms with Gasteiger partial charge in [-0.1, -0.05) is 11.6 Å². The highest BCUT2D eigenvalue weighted by Crippen LogP contribution is 2.23. The predicted molar refractivity (Wildman–Crippen MR) is 92.9 cm³/mol. The highest BCUT2D eigenvalue weighted by molar-refractivity contribution is 6.30. The Morgan fingerprint density at radius 2 is 1.80 bits per heavy atom. The van der Waals surface area contributed by atoms with Crippen LogP contribution in [0.4, 0.5) is 4.39 Å². The van der Waals surface area contributed by atoms with Crippen LogP contribution < -0.4 is 5.73 Å². The average molecular weight is 374 g/mol. The van der Waals surface area contributed by atoms with Crippen molar-refractivity contribution in [2.45, 2.75) is 33.4 Å². The fraction of sp³-hybridized carbons (Fsp3) is 0.312. The van der Waals surface area contributed by atoms with Crippen molar-refractivity contribution >= 4 is 23.5 Å². The zero-order chi connectivity index (χ0) is 19.6. The van der Waals surface area contributed by atoms with Crippen molar-refractivity contribution in [3.05, 3.63) is 41.4 Å². The summed E-state index contributed by atoms with van der Waals surface area (Å²) >= 11 is 5.82. The molecular weight excluding hydrogens is 353 g/mol. The Kier molecular flexibility index (Phi) is 10.1. The zero-order valence-electron chi connectivity index (χ0n) is 14.1. The molecule has 25 heavy (non-hydrogen) atoms. The van der Waals surface area contributed by atoms with Crippen LogP contribution in [-0.2, 0) is 16.1 Å². The maximum Gasteiger partial charge on any atom is 0.300 e. The van der Waals surface area contributed by atoms with Gasteiger partial charge in [-0.2, -0.15) is 0 Å². The number of hydrogen-bond donors (Lipinski definition) is 3. The topological polar surface area (TPSA) is 118 Å². The van der Waals surface area contributed by atoms with Gasteiger partial charge in [0.25, 0.3) is 11.9 Å². The first-order valence-corrected chi connectivity index (χ1v) is 7.53. The van der Waals surface area contributed by atoms with Gasteiger partial charge < -0.3 is 20.5 Å². The Morgan fingerprint density at radius 3 is 2.24 bits per heavy atom. The van der Waals surface area contributed by atoms with E-state index in [1.54, 1.807) is 12.3 Å². The monoisotopic (exact) mass is 373 g/mol. The summed E-state index contributed by atoms with van der Waals surface area (Å²) in [6.07, 6.45) is 3.48. The number of rotatable bonds is 3. The van der Waals surface area contributed by atoms with E-state index >= 15 is 0 Å². The molecule has 0 fully saturated rings. The van der Waals surface area contributed by atoms with E-state index in [9.17, 15) is 4.39 Å². The molecule has 0 bridgehead atoms. The van der Waals surface area contributed by atoms with Gasteiger partial charge in [0.2, 0.25) is 0 Å². The number of nitrogens with two attached hydrogens (primary N) is 1. The van der Waals surface area contributed by atoms with E-state index in [-0.39, 0.29) is 11.9 Å². The standard InChI is InChI=1S/C12H13ClFN3.2C2H4O2/c1-8(15)7-17-3-2-16-12(17)9-4-10(13)6-11(14)5-9;2*1-2(3)4/h2-6,8H,7,15H2,1H3;2*1H3,(H,3,4)/t8-;;/m0../s1. The fourth-order valence-electron chi connectivity index (χ4n) is 1.71. The number of halogens is 2. The molecule has 0 aliphatic carbocycles. The summed E-state index contributed by atoms with van der Waals surface area (Å²) in [4.78, 5) is 22.2. The lowest BCUT2D eigenvalue weighted by molar-refractivity contribution is -0.135. The summed E-state index contributed by atoms with van der Waals surface area (Å²) in [7, 11) is 0. The van der Waals surface area contributed by atoms with E-state index in [1.165, 1.54) is 12.1 Å². The first-order chi connectivity index (χ1) is 11.5. The van der Waals surface area contributed by atoms with Crippen molar-refractivity contribution in [3.8, 4) is 11.4 Å². The molecule has 1 heterocycles. The van der Waals surface area contributed by atoms with Crippen molar-refractivity contribution in [1.82, 2.24) is 9.55 Å². The Labute approximate surface area is 149 Å². The van der Waals surface area contributed by atoms with Crippen LogP contribution in [0.2, 0.25) is 5.02 Å². The molecule has 0 saturated heterocycles. The SMILES string of the molecule is CC(=O)O.CC(=O)O.C[C@H](N)Cn1ccnc1-c1cc(F)cc(Cl)c1. The second-order valence-electron chi connectivity index (χ2n) is 5.08. The van der Waals surface area contributed by atoms with Crippen molar-refractivity contribution in [3.63, 3.8) is 0 Å². The van der Waals surface area contributed by atoms with Crippen molar-refractivity contribution in [1.29, 1.82) is 0 Å². The van der Waals surface area contributed by atoms with Gasteiger partial charge in [0.05, 0.1) is 0 Å². The van der Waals surface area contributed by atoms with Crippen molar-refractivity contribution in [2.24, 2.45) is 5.73 Å². The van der Waals surface area contributed by atoms with Crippen LogP contribution in [0.25, 0.3) is 11.4 Å². The molecule has 7 nitrogen and oxygen atoms in total. The Morgan fingerprint density at radius 1 is 1.28 bits per heavy atom. The number of carbonyl (C=O) groups is 2. The van der Waals surface area contributed by atoms with Crippen LogP contribution in [-0.4, -0.2) is 37.7 Å². The molecule has 0 radical (unpaired) electrons. The van der Waals surface area contributed by atoms with E-state index in [0.717, 1.165) is 13.8 Å². The minimum atomic E-state index is -0.833. The van der Waals surface area contributed by atoms with E-state index < -0.39 is 11.9 Å². The van der Waals surface area contributed by atoms with E-state index in [0.29, 0.717) is 23.0 Å². The van der Waals surface area contributed by atoms with Crippen molar-refractivity contribution in [2.75, 3.05) is 0 Å². The number of carboxylic acid groups (broad SMARTS) is 2. The maximum atomic E-state index is 13.3. The van der Waals surface area contributed by atoms with E-state index in [2.05, 4.69) is 4.98 Å². The molecule has 1 atom stereocenters. The number of nitrogens with zero attached hydrogens (tertiary/aromatic N) is 2. The fourth-order valence-corrected chi connectivity index (χ4v) is 1.93. The molecule has 2 rings (SSSR count). The normalized spacial score (nSPS) is 10.6. The number of aromatic nitrogens is 2. The van der Waals surface area contributed by atoms with Gasteiger partial charge in [0.1, 0.15) is 11.6 Å². The molecule has 0 unspecified atom stereocenters. The summed E-state index contributed by atoms with van der Waals surface area (Å²) in [5.74, 6) is -1.37. The Hall–Kier alpha value is -2.45. The largest absolute Gasteiger partial charge is 0.481 e. The lowest BCUT2D eigenvalue weighted by atomic mass is 10.2. The van der Waals surface area contributed by atoms with Crippen LogP contribution in [0, 0.1) is 5.82 Å². The van der Waals surface area contributed by atoms with Gasteiger partial charge in [-0.05, 0) is 25.1 Å². The smallest absolute Gasteiger partial charge is 0.300 e. The molecule has 1 aromatic carbocycles. The van der Waals surface area contributed by atoms with E-state index in [4.69, 9.17) is 37.1 Å². The number of benzene rings is 1. The third kappa shape index (κ3) is 10.9. The molecule has 0 spiro atoms. The highest BCUT2D eigenvalue weighted by atomic mass is 35.5.